The van der Waals surface area contributed by atoms with Gasteiger partial charge in [-0.3, -0.25) is 4.79 Å². The zero-order chi connectivity index (χ0) is 17.4. The Bertz CT molecular complexity index is 919. The molecule has 0 aliphatic carbocycles. The van der Waals surface area contributed by atoms with E-state index in [9.17, 15) is 4.79 Å². The van der Waals surface area contributed by atoms with Gasteiger partial charge in [0.05, 0.1) is 9.21 Å². The van der Waals surface area contributed by atoms with E-state index in [1.54, 1.807) is 12.1 Å². The number of rotatable bonds is 4. The topological polar surface area (TPSA) is 51.0 Å². The van der Waals surface area contributed by atoms with Gasteiger partial charge in [0.25, 0.3) is 5.91 Å². The summed E-state index contributed by atoms with van der Waals surface area (Å²) < 4.78 is 2.87. The molecule has 0 N–H and O–H groups in total. The number of aromatic nitrogens is 3. The molecule has 4 rings (SSSR count). The number of carbonyl (C=O) groups excluding carboxylic acids is 1. The van der Waals surface area contributed by atoms with Crippen molar-refractivity contribution >= 4 is 40.0 Å². The fraction of sp³-hybridized carbons (Fsp3) is 0.389. The molecule has 1 amide bonds. The van der Waals surface area contributed by atoms with Crippen molar-refractivity contribution in [3.05, 3.63) is 45.5 Å². The Hall–Kier alpha value is -1.92. The number of carbonyl (C=O) groups is 1. The third-order valence-electron chi connectivity index (χ3n) is 4.61. The van der Waals surface area contributed by atoms with Crippen LogP contribution in [0.5, 0.6) is 0 Å². The molecule has 1 fully saturated rings. The highest BCUT2D eigenvalue weighted by molar-refractivity contribution is 7.17. The van der Waals surface area contributed by atoms with Gasteiger partial charge in [0.15, 0.2) is 5.65 Å². The van der Waals surface area contributed by atoms with E-state index >= 15 is 0 Å². The van der Waals surface area contributed by atoms with Crippen LogP contribution in [0, 0.1) is 0 Å². The number of nitrogens with zero attached hydrogens (tertiary/aromatic N) is 4. The first-order valence-corrected chi connectivity index (χ1v) is 9.72. The van der Waals surface area contributed by atoms with Crippen molar-refractivity contribution < 1.29 is 4.79 Å². The van der Waals surface area contributed by atoms with Gasteiger partial charge in [-0.2, -0.15) is 0 Å². The largest absolute Gasteiger partial charge is 0.337 e. The monoisotopic (exact) mass is 374 g/mol. The quantitative estimate of drug-likeness (QED) is 0.688. The summed E-state index contributed by atoms with van der Waals surface area (Å²) in [6, 6.07) is 7.50. The predicted octanol–water partition coefficient (Wildman–Crippen LogP) is 4.19. The van der Waals surface area contributed by atoms with Crippen LogP contribution in [-0.4, -0.2) is 38.4 Å². The van der Waals surface area contributed by atoms with Crippen LogP contribution in [0.2, 0.25) is 4.34 Å². The van der Waals surface area contributed by atoms with Crippen LogP contribution in [0.3, 0.4) is 0 Å². The van der Waals surface area contributed by atoms with Gasteiger partial charge in [0.2, 0.25) is 0 Å². The van der Waals surface area contributed by atoms with E-state index in [4.69, 9.17) is 16.6 Å². The molecule has 4 heterocycles. The Kier molecular flexibility index (Phi) is 4.48. The standard InChI is InChI=1S/C18H19ClN4OS/c1-2-9-23-16(21-13-4-3-8-20-17(13)23)12-7-10-22(11-12)18(24)14-5-6-15(19)25-14/h3-6,8,12H,2,7,9-11H2,1H3. The minimum atomic E-state index is 0.0654. The minimum Gasteiger partial charge on any atom is -0.337 e. The molecule has 1 saturated heterocycles. The molecule has 5 nitrogen and oxygen atoms in total. The number of hydrogen-bond acceptors (Lipinski definition) is 4. The molecule has 1 unspecified atom stereocenters. The van der Waals surface area contributed by atoms with Crippen LogP contribution in [0.25, 0.3) is 11.2 Å². The third-order valence-corrected chi connectivity index (χ3v) is 5.82. The molecule has 0 radical (unpaired) electrons. The number of amides is 1. The number of thiophene rings is 1. The third kappa shape index (κ3) is 3.04. The lowest BCUT2D eigenvalue weighted by Crippen LogP contribution is -2.28. The molecule has 1 aliphatic heterocycles. The summed E-state index contributed by atoms with van der Waals surface area (Å²) in [4.78, 5) is 24.6. The van der Waals surface area contributed by atoms with E-state index < -0.39 is 0 Å². The minimum absolute atomic E-state index is 0.0654. The highest BCUT2D eigenvalue weighted by Gasteiger charge is 2.32. The summed E-state index contributed by atoms with van der Waals surface area (Å²) in [7, 11) is 0. The lowest BCUT2D eigenvalue weighted by molar-refractivity contribution is 0.0795. The van der Waals surface area contributed by atoms with Crippen molar-refractivity contribution in [1.29, 1.82) is 0 Å². The Morgan fingerprint density at radius 3 is 3.04 bits per heavy atom. The van der Waals surface area contributed by atoms with Gasteiger partial charge in [-0.25, -0.2) is 9.97 Å². The molecule has 0 spiro atoms. The van der Waals surface area contributed by atoms with Crippen molar-refractivity contribution in [2.24, 2.45) is 0 Å². The van der Waals surface area contributed by atoms with E-state index in [-0.39, 0.29) is 11.8 Å². The molecule has 1 aliphatic rings. The van der Waals surface area contributed by atoms with Crippen molar-refractivity contribution in [3.63, 3.8) is 0 Å². The van der Waals surface area contributed by atoms with Crippen molar-refractivity contribution in [2.45, 2.75) is 32.2 Å². The van der Waals surface area contributed by atoms with Crippen molar-refractivity contribution in [2.75, 3.05) is 13.1 Å². The van der Waals surface area contributed by atoms with E-state index in [0.717, 1.165) is 42.9 Å². The zero-order valence-corrected chi connectivity index (χ0v) is 15.6. The predicted molar refractivity (Wildman–Crippen MR) is 100 cm³/mol. The first kappa shape index (κ1) is 16.5. The molecule has 0 saturated carbocycles. The number of pyridine rings is 1. The fourth-order valence-corrected chi connectivity index (χ4v) is 4.48. The van der Waals surface area contributed by atoms with Crippen LogP contribution in [0.4, 0.5) is 0 Å². The Morgan fingerprint density at radius 2 is 2.28 bits per heavy atom. The molecule has 130 valence electrons. The number of fused-ring (bicyclic) bond motifs is 1. The smallest absolute Gasteiger partial charge is 0.263 e. The van der Waals surface area contributed by atoms with Gasteiger partial charge in [-0.1, -0.05) is 18.5 Å². The summed E-state index contributed by atoms with van der Waals surface area (Å²) in [5, 5.41) is 0. The fourth-order valence-electron chi connectivity index (χ4n) is 3.47. The summed E-state index contributed by atoms with van der Waals surface area (Å²) >= 11 is 7.30. The van der Waals surface area contributed by atoms with Gasteiger partial charge >= 0.3 is 0 Å². The zero-order valence-electron chi connectivity index (χ0n) is 14.0. The van der Waals surface area contributed by atoms with Gasteiger partial charge in [-0.15, -0.1) is 11.3 Å². The van der Waals surface area contributed by atoms with Gasteiger partial charge in [0.1, 0.15) is 11.3 Å². The van der Waals surface area contributed by atoms with E-state index in [2.05, 4.69) is 16.5 Å². The SMILES string of the molecule is CCCn1c(C2CCN(C(=O)c3ccc(Cl)s3)C2)nc2cccnc21. The molecular formula is C18H19ClN4OS. The van der Waals surface area contributed by atoms with Crippen LogP contribution in [0.1, 0.15) is 41.2 Å². The normalized spacial score (nSPS) is 17.5. The highest BCUT2D eigenvalue weighted by Crippen LogP contribution is 2.31. The molecule has 1 atom stereocenters. The first-order chi connectivity index (χ1) is 12.2. The van der Waals surface area contributed by atoms with Gasteiger partial charge < -0.3 is 9.47 Å². The average Bonchev–Trinajstić information content (AvgIpc) is 3.33. The van der Waals surface area contributed by atoms with Crippen molar-refractivity contribution in [3.8, 4) is 0 Å². The Balaban J connectivity index is 1.60. The number of hydrogen-bond donors (Lipinski definition) is 0. The molecule has 3 aromatic heterocycles. The summed E-state index contributed by atoms with van der Waals surface area (Å²) in [5.74, 6) is 1.37. The number of likely N-dealkylation sites (tertiary alicyclic amines) is 1. The molecule has 3 aromatic rings. The molecule has 7 heteroatoms. The maximum atomic E-state index is 12.7. The van der Waals surface area contributed by atoms with Crippen molar-refractivity contribution in [1.82, 2.24) is 19.4 Å². The average molecular weight is 375 g/mol. The number of aryl methyl sites for hydroxylation is 1. The van der Waals surface area contributed by atoms with E-state index in [1.165, 1.54) is 11.3 Å². The Labute approximate surface area is 155 Å². The second-order valence-corrected chi connectivity index (χ2v) is 8.02. The maximum absolute atomic E-state index is 12.7. The lowest BCUT2D eigenvalue weighted by Gasteiger charge is -2.16. The second kappa shape index (κ2) is 6.77. The molecular weight excluding hydrogens is 356 g/mol. The van der Waals surface area contributed by atoms with E-state index in [1.807, 2.05) is 23.2 Å². The van der Waals surface area contributed by atoms with Crippen LogP contribution in [0.15, 0.2) is 30.5 Å². The summed E-state index contributed by atoms with van der Waals surface area (Å²) in [5.41, 5.74) is 1.87. The molecule has 0 aromatic carbocycles. The first-order valence-electron chi connectivity index (χ1n) is 8.53. The van der Waals surface area contributed by atoms with E-state index in [0.29, 0.717) is 15.8 Å². The van der Waals surface area contributed by atoms with Crippen LogP contribution in [-0.2, 0) is 6.54 Å². The summed E-state index contributed by atoms with van der Waals surface area (Å²) in [6.45, 7) is 4.50. The lowest BCUT2D eigenvalue weighted by atomic mass is 10.1. The Morgan fingerprint density at radius 1 is 1.40 bits per heavy atom. The summed E-state index contributed by atoms with van der Waals surface area (Å²) in [6.07, 6.45) is 3.76. The number of imidazole rings is 1. The molecule has 0 bridgehead atoms. The second-order valence-electron chi connectivity index (χ2n) is 6.31. The molecule has 25 heavy (non-hydrogen) atoms. The maximum Gasteiger partial charge on any atom is 0.263 e. The number of halogens is 1. The highest BCUT2D eigenvalue weighted by atomic mass is 35.5. The van der Waals surface area contributed by atoms with Crippen LogP contribution < -0.4 is 0 Å². The van der Waals surface area contributed by atoms with Gasteiger partial charge in [-0.05, 0) is 37.1 Å². The van der Waals surface area contributed by atoms with Gasteiger partial charge in [0, 0.05) is 31.7 Å². The van der Waals surface area contributed by atoms with Crippen LogP contribution >= 0.6 is 22.9 Å².